The molecule has 0 aromatic carbocycles. The number of hydrogen-bond donors (Lipinski definition) is 2. The first-order valence-electron chi connectivity index (χ1n) is 5.71. The van der Waals surface area contributed by atoms with E-state index in [0.29, 0.717) is 24.2 Å². The Morgan fingerprint density at radius 1 is 1.59 bits per heavy atom. The van der Waals surface area contributed by atoms with Crippen LogP contribution >= 0.6 is 0 Å². The van der Waals surface area contributed by atoms with Gasteiger partial charge >= 0.3 is 0 Å². The van der Waals surface area contributed by atoms with Gasteiger partial charge in [0.2, 0.25) is 5.88 Å². The van der Waals surface area contributed by atoms with Gasteiger partial charge in [0.25, 0.3) is 5.91 Å². The largest absolute Gasteiger partial charge is 0.475 e. The highest BCUT2D eigenvalue weighted by Gasteiger charge is 2.14. The number of nitrogens with zero attached hydrogens (tertiary/aromatic N) is 2. The SMILES string of the molecule is CNC(=O)c1ccc(OCC2CCCN2)nn1. The Morgan fingerprint density at radius 2 is 2.47 bits per heavy atom. The van der Waals surface area contributed by atoms with Crippen molar-refractivity contribution in [2.24, 2.45) is 0 Å². The Bertz CT molecular complexity index is 374. The molecule has 1 aliphatic heterocycles. The summed E-state index contributed by atoms with van der Waals surface area (Å²) in [7, 11) is 1.56. The molecule has 1 unspecified atom stereocenters. The number of carbonyl (C=O) groups excluding carboxylic acids is 1. The summed E-state index contributed by atoms with van der Waals surface area (Å²) >= 11 is 0. The van der Waals surface area contributed by atoms with Crippen LogP contribution in [-0.4, -0.2) is 42.3 Å². The molecule has 17 heavy (non-hydrogen) atoms. The van der Waals surface area contributed by atoms with Gasteiger partial charge in [-0.3, -0.25) is 4.79 Å². The smallest absolute Gasteiger partial charge is 0.271 e. The van der Waals surface area contributed by atoms with E-state index < -0.39 is 0 Å². The fourth-order valence-electron chi connectivity index (χ4n) is 1.73. The minimum Gasteiger partial charge on any atom is -0.475 e. The van der Waals surface area contributed by atoms with Crippen LogP contribution in [0.15, 0.2) is 12.1 Å². The van der Waals surface area contributed by atoms with Crippen molar-refractivity contribution in [3.05, 3.63) is 17.8 Å². The molecule has 2 N–H and O–H groups in total. The molecule has 0 aliphatic carbocycles. The van der Waals surface area contributed by atoms with E-state index in [4.69, 9.17) is 4.74 Å². The molecule has 0 spiro atoms. The molecule has 2 heterocycles. The second-order valence-electron chi connectivity index (χ2n) is 3.94. The lowest BCUT2D eigenvalue weighted by atomic mass is 10.2. The third-order valence-corrected chi connectivity index (χ3v) is 2.69. The molecule has 1 saturated heterocycles. The molecular formula is C11H16N4O2. The molecule has 2 rings (SSSR count). The van der Waals surface area contributed by atoms with Gasteiger partial charge in [0.15, 0.2) is 5.69 Å². The van der Waals surface area contributed by atoms with Crippen molar-refractivity contribution in [3.8, 4) is 5.88 Å². The zero-order valence-electron chi connectivity index (χ0n) is 9.77. The van der Waals surface area contributed by atoms with Crippen molar-refractivity contribution in [1.29, 1.82) is 0 Å². The highest BCUT2D eigenvalue weighted by atomic mass is 16.5. The number of rotatable bonds is 4. The first-order chi connectivity index (χ1) is 8.29. The van der Waals surface area contributed by atoms with Gasteiger partial charge in [-0.1, -0.05) is 0 Å². The quantitative estimate of drug-likeness (QED) is 0.767. The lowest BCUT2D eigenvalue weighted by Gasteiger charge is -2.10. The molecule has 6 heteroatoms. The van der Waals surface area contributed by atoms with Crippen molar-refractivity contribution >= 4 is 5.91 Å². The first kappa shape index (κ1) is 11.8. The second-order valence-corrected chi connectivity index (χ2v) is 3.94. The van der Waals surface area contributed by atoms with Crippen LogP contribution in [0.1, 0.15) is 23.3 Å². The van der Waals surface area contributed by atoms with Crippen molar-refractivity contribution in [2.75, 3.05) is 20.2 Å². The van der Waals surface area contributed by atoms with Crippen LogP contribution in [0.5, 0.6) is 5.88 Å². The predicted molar refractivity (Wildman–Crippen MR) is 61.9 cm³/mol. The minimum absolute atomic E-state index is 0.249. The fourth-order valence-corrected chi connectivity index (χ4v) is 1.73. The van der Waals surface area contributed by atoms with Gasteiger partial charge in [-0.25, -0.2) is 0 Å². The number of ether oxygens (including phenoxy) is 1. The van der Waals surface area contributed by atoms with Gasteiger partial charge in [0, 0.05) is 19.2 Å². The summed E-state index contributed by atoms with van der Waals surface area (Å²) in [5.41, 5.74) is 0.291. The summed E-state index contributed by atoms with van der Waals surface area (Å²) in [5.74, 6) is 0.202. The topological polar surface area (TPSA) is 76.1 Å². The molecule has 92 valence electrons. The summed E-state index contributed by atoms with van der Waals surface area (Å²) < 4.78 is 5.49. The number of hydrogen-bond acceptors (Lipinski definition) is 5. The highest BCUT2D eigenvalue weighted by molar-refractivity contribution is 5.91. The van der Waals surface area contributed by atoms with Gasteiger partial charge in [0.05, 0.1) is 0 Å². The molecule has 6 nitrogen and oxygen atoms in total. The Morgan fingerprint density at radius 3 is 3.06 bits per heavy atom. The summed E-state index contributed by atoms with van der Waals surface area (Å²) in [6.45, 7) is 1.64. The number of carbonyl (C=O) groups is 1. The van der Waals surface area contributed by atoms with E-state index in [9.17, 15) is 4.79 Å². The number of aromatic nitrogens is 2. The van der Waals surface area contributed by atoms with E-state index in [1.54, 1.807) is 19.2 Å². The fraction of sp³-hybridized carbons (Fsp3) is 0.545. The van der Waals surface area contributed by atoms with Crippen molar-refractivity contribution in [3.63, 3.8) is 0 Å². The van der Waals surface area contributed by atoms with Gasteiger partial charge < -0.3 is 15.4 Å². The molecule has 0 bridgehead atoms. The van der Waals surface area contributed by atoms with Crippen LogP contribution in [0.4, 0.5) is 0 Å². The van der Waals surface area contributed by atoms with Crippen molar-refractivity contribution in [2.45, 2.75) is 18.9 Å². The van der Waals surface area contributed by atoms with Gasteiger partial charge in [-0.05, 0) is 25.5 Å². The zero-order chi connectivity index (χ0) is 12.1. The number of amides is 1. The molecule has 1 fully saturated rings. The summed E-state index contributed by atoms with van der Waals surface area (Å²) in [4.78, 5) is 11.2. The zero-order valence-corrected chi connectivity index (χ0v) is 9.77. The summed E-state index contributed by atoms with van der Waals surface area (Å²) in [6.07, 6.45) is 2.32. The molecule has 1 amide bonds. The van der Waals surface area contributed by atoms with Crippen LogP contribution in [-0.2, 0) is 0 Å². The van der Waals surface area contributed by atoms with E-state index in [2.05, 4.69) is 20.8 Å². The van der Waals surface area contributed by atoms with Gasteiger partial charge in [-0.2, -0.15) is 0 Å². The third-order valence-electron chi connectivity index (χ3n) is 2.69. The normalized spacial score (nSPS) is 19.0. The molecule has 1 aromatic heterocycles. The monoisotopic (exact) mass is 236 g/mol. The third kappa shape index (κ3) is 3.13. The van der Waals surface area contributed by atoms with E-state index in [1.807, 2.05) is 0 Å². The standard InChI is InChI=1S/C11H16N4O2/c1-12-11(16)9-4-5-10(15-14-9)17-7-8-3-2-6-13-8/h4-5,8,13H,2-3,6-7H2,1H3,(H,12,16). The molecule has 1 atom stereocenters. The Labute approximate surface area is 99.8 Å². The lowest BCUT2D eigenvalue weighted by Crippen LogP contribution is -2.28. The van der Waals surface area contributed by atoms with Crippen LogP contribution in [0.25, 0.3) is 0 Å². The summed E-state index contributed by atoms with van der Waals surface area (Å²) in [6, 6.07) is 3.66. The van der Waals surface area contributed by atoms with E-state index in [0.717, 1.165) is 13.0 Å². The second kappa shape index (κ2) is 5.58. The first-order valence-corrected chi connectivity index (χ1v) is 5.71. The van der Waals surface area contributed by atoms with Gasteiger partial charge in [0.1, 0.15) is 6.61 Å². The van der Waals surface area contributed by atoms with E-state index in [1.165, 1.54) is 6.42 Å². The average Bonchev–Trinajstić information content (AvgIpc) is 2.89. The maximum absolute atomic E-state index is 11.2. The Hall–Kier alpha value is -1.69. The predicted octanol–water partition coefficient (Wildman–Crippen LogP) is -0.0330. The Kier molecular flexibility index (Phi) is 3.87. The Balaban J connectivity index is 1.87. The molecule has 0 saturated carbocycles. The highest BCUT2D eigenvalue weighted by Crippen LogP contribution is 2.09. The van der Waals surface area contributed by atoms with Crippen molar-refractivity contribution in [1.82, 2.24) is 20.8 Å². The number of nitrogens with one attached hydrogen (secondary N) is 2. The molecule has 0 radical (unpaired) electrons. The van der Waals surface area contributed by atoms with Gasteiger partial charge in [-0.15, -0.1) is 10.2 Å². The van der Waals surface area contributed by atoms with E-state index >= 15 is 0 Å². The van der Waals surface area contributed by atoms with Crippen LogP contribution < -0.4 is 15.4 Å². The van der Waals surface area contributed by atoms with E-state index in [-0.39, 0.29) is 5.91 Å². The lowest BCUT2D eigenvalue weighted by molar-refractivity contribution is 0.0957. The van der Waals surface area contributed by atoms with Crippen LogP contribution in [0, 0.1) is 0 Å². The molecule has 1 aliphatic rings. The molecular weight excluding hydrogens is 220 g/mol. The maximum Gasteiger partial charge on any atom is 0.271 e. The average molecular weight is 236 g/mol. The minimum atomic E-state index is -0.249. The summed E-state index contributed by atoms with van der Waals surface area (Å²) in [5, 5.41) is 13.4. The van der Waals surface area contributed by atoms with Crippen LogP contribution in [0.3, 0.4) is 0 Å². The van der Waals surface area contributed by atoms with Crippen molar-refractivity contribution < 1.29 is 9.53 Å². The van der Waals surface area contributed by atoms with Crippen LogP contribution in [0.2, 0.25) is 0 Å². The molecule has 1 aromatic rings. The maximum atomic E-state index is 11.2.